The molecule has 0 radical (unpaired) electrons. The Morgan fingerprint density at radius 2 is 2.04 bits per heavy atom. The van der Waals surface area contributed by atoms with E-state index in [9.17, 15) is 14.4 Å². The summed E-state index contributed by atoms with van der Waals surface area (Å²) in [5.41, 5.74) is 8.85. The third-order valence-corrected chi connectivity index (χ3v) is 6.72. The number of benzene rings is 1. The average Bonchev–Trinajstić information content (AvgIpc) is 3.13. The lowest BCUT2D eigenvalue weighted by molar-refractivity contribution is -0.136. The summed E-state index contributed by atoms with van der Waals surface area (Å²) in [7, 11) is 0. The number of hydrogen-bond acceptors (Lipinski definition) is 5. The van der Waals surface area contributed by atoms with E-state index in [1.165, 1.54) is 0 Å². The molecular weight excluding hydrogens is 344 g/mol. The smallest absolute Gasteiger partial charge is 0.255 e. The number of nitrogens with two attached hydrogens (primary N) is 1. The van der Waals surface area contributed by atoms with E-state index in [0.29, 0.717) is 30.8 Å². The summed E-state index contributed by atoms with van der Waals surface area (Å²) in [6.45, 7) is 3.23. The van der Waals surface area contributed by atoms with Gasteiger partial charge < -0.3 is 10.6 Å². The van der Waals surface area contributed by atoms with E-state index < -0.39 is 6.04 Å². The van der Waals surface area contributed by atoms with Gasteiger partial charge in [-0.3, -0.25) is 24.6 Å². The predicted octanol–water partition coefficient (Wildman–Crippen LogP) is 0.227. The minimum Gasteiger partial charge on any atom is -0.327 e. The maximum Gasteiger partial charge on any atom is 0.255 e. The van der Waals surface area contributed by atoms with Gasteiger partial charge >= 0.3 is 0 Å². The fourth-order valence-electron chi connectivity index (χ4n) is 5.24. The molecule has 4 atom stereocenters. The highest BCUT2D eigenvalue weighted by Gasteiger charge is 2.45. The fourth-order valence-corrected chi connectivity index (χ4v) is 5.24. The van der Waals surface area contributed by atoms with Crippen molar-refractivity contribution in [2.24, 2.45) is 17.6 Å². The fraction of sp³-hybridized carbons (Fsp3) is 0.550. The van der Waals surface area contributed by atoms with Gasteiger partial charge in [0.05, 0.1) is 0 Å². The van der Waals surface area contributed by atoms with Crippen LogP contribution in [-0.4, -0.2) is 52.7 Å². The van der Waals surface area contributed by atoms with Gasteiger partial charge in [0, 0.05) is 44.2 Å². The number of carbonyl (C=O) groups excluding carboxylic acids is 3. The van der Waals surface area contributed by atoms with Gasteiger partial charge in [-0.15, -0.1) is 0 Å². The first-order chi connectivity index (χ1) is 13.0. The van der Waals surface area contributed by atoms with Crippen molar-refractivity contribution in [3.63, 3.8) is 0 Å². The molecule has 3 N–H and O–H groups in total. The molecule has 0 aromatic heterocycles. The van der Waals surface area contributed by atoms with Crippen LogP contribution in [0.4, 0.5) is 0 Å². The molecule has 2 saturated heterocycles. The molecule has 7 heteroatoms. The molecular formula is C20H24N4O3. The van der Waals surface area contributed by atoms with Gasteiger partial charge in [0.1, 0.15) is 6.04 Å². The Hall–Kier alpha value is -2.25. The molecule has 3 aliphatic heterocycles. The summed E-state index contributed by atoms with van der Waals surface area (Å²) in [5.74, 6) is 0.584. The van der Waals surface area contributed by atoms with Gasteiger partial charge in [0.2, 0.25) is 11.8 Å². The Labute approximate surface area is 157 Å². The molecule has 3 fully saturated rings. The maximum absolute atomic E-state index is 13.1. The number of likely N-dealkylation sites (tertiary alicyclic amines) is 1. The standard InChI is InChI=1S/C20H24N4O3/c21-15-6-13-8-23(10-14(13)15)7-11-2-1-3-12-9-24(20(27)18(11)12)16-4-5-17(25)22-19(16)26/h1-3,13-16H,4-10,21H2,(H,22,25,26). The molecule has 1 saturated carbocycles. The van der Waals surface area contributed by atoms with E-state index in [0.717, 1.165) is 42.7 Å². The second kappa shape index (κ2) is 6.14. The van der Waals surface area contributed by atoms with Crippen molar-refractivity contribution < 1.29 is 14.4 Å². The number of nitrogens with zero attached hydrogens (tertiary/aromatic N) is 2. The van der Waals surface area contributed by atoms with Crippen molar-refractivity contribution in [3.05, 3.63) is 34.9 Å². The molecule has 7 nitrogen and oxygen atoms in total. The largest absolute Gasteiger partial charge is 0.327 e. The molecule has 4 aliphatic rings. The average molecular weight is 368 g/mol. The highest BCUT2D eigenvalue weighted by Crippen LogP contribution is 2.40. The maximum atomic E-state index is 13.1. The van der Waals surface area contributed by atoms with Crippen molar-refractivity contribution in [3.8, 4) is 0 Å². The molecule has 1 aromatic rings. The summed E-state index contributed by atoms with van der Waals surface area (Å²) < 4.78 is 0. The summed E-state index contributed by atoms with van der Waals surface area (Å²) in [6.07, 6.45) is 1.78. The lowest BCUT2D eigenvalue weighted by Crippen LogP contribution is -2.52. The van der Waals surface area contributed by atoms with Gasteiger partial charge in [-0.1, -0.05) is 18.2 Å². The van der Waals surface area contributed by atoms with E-state index in [1.807, 2.05) is 18.2 Å². The molecule has 0 spiro atoms. The van der Waals surface area contributed by atoms with Crippen molar-refractivity contribution in [1.29, 1.82) is 0 Å². The van der Waals surface area contributed by atoms with Crippen LogP contribution < -0.4 is 11.1 Å². The third-order valence-electron chi connectivity index (χ3n) is 6.72. The van der Waals surface area contributed by atoms with Gasteiger partial charge in [0.25, 0.3) is 5.91 Å². The third kappa shape index (κ3) is 2.68. The second-order valence-electron chi connectivity index (χ2n) is 8.37. The number of amides is 3. The summed E-state index contributed by atoms with van der Waals surface area (Å²) >= 11 is 0. The van der Waals surface area contributed by atoms with Crippen LogP contribution in [0.1, 0.15) is 40.7 Å². The molecule has 1 aliphatic carbocycles. The Bertz CT molecular complexity index is 839. The normalized spacial score (nSPS) is 32.9. The first-order valence-corrected chi connectivity index (χ1v) is 9.74. The highest BCUT2D eigenvalue weighted by molar-refractivity contribution is 6.05. The van der Waals surface area contributed by atoms with E-state index in [-0.39, 0.29) is 24.1 Å². The van der Waals surface area contributed by atoms with Crippen LogP contribution >= 0.6 is 0 Å². The molecule has 0 bridgehead atoms. The van der Waals surface area contributed by atoms with Crippen LogP contribution in [0.3, 0.4) is 0 Å². The van der Waals surface area contributed by atoms with Gasteiger partial charge in [-0.2, -0.15) is 0 Å². The Kier molecular flexibility index (Phi) is 3.84. The van der Waals surface area contributed by atoms with Crippen LogP contribution in [0.25, 0.3) is 0 Å². The van der Waals surface area contributed by atoms with Crippen LogP contribution in [0.5, 0.6) is 0 Å². The van der Waals surface area contributed by atoms with Gasteiger partial charge in [0.15, 0.2) is 0 Å². The van der Waals surface area contributed by atoms with Gasteiger partial charge in [-0.05, 0) is 35.8 Å². The van der Waals surface area contributed by atoms with Crippen LogP contribution in [0.2, 0.25) is 0 Å². The van der Waals surface area contributed by atoms with Crippen molar-refractivity contribution in [2.45, 2.75) is 44.4 Å². The van der Waals surface area contributed by atoms with Crippen LogP contribution in [0.15, 0.2) is 18.2 Å². The number of imide groups is 1. The zero-order valence-corrected chi connectivity index (χ0v) is 15.2. The zero-order chi connectivity index (χ0) is 18.7. The molecule has 142 valence electrons. The lowest BCUT2D eigenvalue weighted by atomic mass is 9.72. The molecule has 3 amide bonds. The summed E-state index contributed by atoms with van der Waals surface area (Å²) in [5, 5.41) is 2.36. The van der Waals surface area contributed by atoms with Crippen LogP contribution in [0, 0.1) is 11.8 Å². The summed E-state index contributed by atoms with van der Waals surface area (Å²) in [4.78, 5) is 40.8. The lowest BCUT2D eigenvalue weighted by Gasteiger charge is -2.36. The zero-order valence-electron chi connectivity index (χ0n) is 15.2. The van der Waals surface area contributed by atoms with Gasteiger partial charge in [-0.25, -0.2) is 0 Å². The topological polar surface area (TPSA) is 95.7 Å². The number of rotatable bonds is 3. The Morgan fingerprint density at radius 3 is 2.78 bits per heavy atom. The Morgan fingerprint density at radius 1 is 1.19 bits per heavy atom. The SMILES string of the molecule is NC1CC2CN(Cc3cccc4c3C(=O)N(C3CCC(=O)NC3=O)C4)CC12. The minimum atomic E-state index is -0.559. The first-order valence-electron chi connectivity index (χ1n) is 9.74. The molecule has 27 heavy (non-hydrogen) atoms. The van der Waals surface area contributed by atoms with E-state index in [4.69, 9.17) is 5.73 Å². The van der Waals surface area contributed by atoms with E-state index >= 15 is 0 Å². The quantitative estimate of drug-likeness (QED) is 0.745. The van der Waals surface area contributed by atoms with Crippen LogP contribution in [-0.2, 0) is 22.7 Å². The Balaban J connectivity index is 1.35. The summed E-state index contributed by atoms with van der Waals surface area (Å²) in [6, 6.07) is 5.74. The van der Waals surface area contributed by atoms with E-state index in [2.05, 4.69) is 10.2 Å². The molecule has 1 aromatic carbocycles. The second-order valence-corrected chi connectivity index (χ2v) is 8.37. The monoisotopic (exact) mass is 368 g/mol. The predicted molar refractivity (Wildman–Crippen MR) is 97.3 cm³/mol. The highest BCUT2D eigenvalue weighted by atomic mass is 16.2. The van der Waals surface area contributed by atoms with E-state index in [1.54, 1.807) is 4.90 Å². The number of hydrogen-bond donors (Lipinski definition) is 2. The first kappa shape index (κ1) is 16.9. The number of piperidine rings is 1. The number of nitrogens with one attached hydrogen (secondary N) is 1. The van der Waals surface area contributed by atoms with Crippen molar-refractivity contribution in [2.75, 3.05) is 13.1 Å². The molecule has 3 heterocycles. The van der Waals surface area contributed by atoms with Crippen molar-refractivity contribution >= 4 is 17.7 Å². The number of carbonyl (C=O) groups is 3. The molecule has 4 unspecified atom stereocenters. The molecule has 5 rings (SSSR count). The minimum absolute atomic E-state index is 0.0889. The van der Waals surface area contributed by atoms with Crippen molar-refractivity contribution in [1.82, 2.24) is 15.1 Å². The number of fused-ring (bicyclic) bond motifs is 2.